The summed E-state index contributed by atoms with van der Waals surface area (Å²) in [5.41, 5.74) is 0.534. The summed E-state index contributed by atoms with van der Waals surface area (Å²) < 4.78 is 40.8. The number of hydrogen-bond acceptors (Lipinski definition) is 4. The lowest BCUT2D eigenvalue weighted by Gasteiger charge is -2.07. The second kappa shape index (κ2) is 5.76. The highest BCUT2D eigenvalue weighted by Crippen LogP contribution is 2.19. The first-order valence-electron chi connectivity index (χ1n) is 5.30. The van der Waals surface area contributed by atoms with E-state index >= 15 is 0 Å². The summed E-state index contributed by atoms with van der Waals surface area (Å²) >= 11 is 8.65. The zero-order valence-corrected chi connectivity index (χ0v) is 13.3. The molecule has 0 atom stereocenters. The maximum absolute atomic E-state index is 13.0. The molecule has 0 fully saturated rings. The highest BCUT2D eigenvalue weighted by atomic mass is 79.9. The van der Waals surface area contributed by atoms with E-state index in [-0.39, 0.29) is 21.2 Å². The van der Waals surface area contributed by atoms with Gasteiger partial charge in [-0.3, -0.25) is 0 Å². The van der Waals surface area contributed by atoms with Crippen molar-refractivity contribution in [2.24, 2.45) is 7.05 Å². The molecular formula is C10H9BrClFN4O2S. The number of aromatic nitrogens is 3. The minimum Gasteiger partial charge on any atom is -0.235 e. The predicted octanol–water partition coefficient (Wildman–Crippen LogP) is 1.85. The minimum absolute atomic E-state index is 0.0278. The zero-order valence-electron chi connectivity index (χ0n) is 10.1. The number of halogens is 3. The van der Waals surface area contributed by atoms with Crippen molar-refractivity contribution in [2.45, 2.75) is 11.6 Å². The van der Waals surface area contributed by atoms with Gasteiger partial charge in [-0.05, 0) is 33.6 Å². The summed E-state index contributed by atoms with van der Waals surface area (Å²) in [4.78, 5) is 0. The van der Waals surface area contributed by atoms with Gasteiger partial charge in [-0.1, -0.05) is 22.9 Å². The van der Waals surface area contributed by atoms with Gasteiger partial charge in [-0.15, -0.1) is 5.10 Å². The van der Waals surface area contributed by atoms with Gasteiger partial charge in [0.05, 0.1) is 5.02 Å². The summed E-state index contributed by atoms with van der Waals surface area (Å²) in [7, 11) is -2.34. The minimum atomic E-state index is -3.80. The van der Waals surface area contributed by atoms with E-state index in [1.165, 1.54) is 25.2 Å². The maximum atomic E-state index is 13.0. The second-order valence-electron chi connectivity index (χ2n) is 3.88. The van der Waals surface area contributed by atoms with E-state index in [2.05, 4.69) is 31.0 Å². The van der Waals surface area contributed by atoms with Gasteiger partial charge in [0.15, 0.2) is 4.60 Å². The van der Waals surface area contributed by atoms with Crippen LogP contribution in [-0.4, -0.2) is 23.4 Å². The number of aryl methyl sites for hydroxylation is 1. The fourth-order valence-electron chi connectivity index (χ4n) is 1.50. The number of hydrogen-bond donors (Lipinski definition) is 1. The van der Waals surface area contributed by atoms with Gasteiger partial charge >= 0.3 is 0 Å². The molecule has 0 saturated heterocycles. The lowest BCUT2D eigenvalue weighted by Crippen LogP contribution is -2.25. The molecule has 2 rings (SSSR count). The van der Waals surface area contributed by atoms with E-state index in [4.69, 9.17) is 11.6 Å². The van der Waals surface area contributed by atoms with Gasteiger partial charge in [0, 0.05) is 13.6 Å². The SMILES string of the molecule is Cn1nnc(Br)c1S(=O)(=O)NCc1ccc(F)c(Cl)c1. The molecule has 0 bridgehead atoms. The molecule has 0 aliphatic rings. The molecule has 0 radical (unpaired) electrons. The Morgan fingerprint density at radius 2 is 2.20 bits per heavy atom. The zero-order chi connectivity index (χ0) is 14.9. The first kappa shape index (κ1) is 15.4. The summed E-state index contributed by atoms with van der Waals surface area (Å²) in [5, 5.41) is 7.04. The fourth-order valence-corrected chi connectivity index (χ4v) is 3.81. The van der Waals surface area contributed by atoms with Crippen molar-refractivity contribution in [1.29, 1.82) is 0 Å². The highest BCUT2D eigenvalue weighted by Gasteiger charge is 2.23. The molecule has 6 nitrogen and oxygen atoms in total. The molecule has 0 amide bonds. The van der Waals surface area contributed by atoms with Crippen LogP contribution >= 0.6 is 27.5 Å². The predicted molar refractivity (Wildman–Crippen MR) is 74.1 cm³/mol. The van der Waals surface area contributed by atoms with Gasteiger partial charge < -0.3 is 0 Å². The van der Waals surface area contributed by atoms with Crippen LogP contribution in [-0.2, 0) is 23.6 Å². The third kappa shape index (κ3) is 3.17. The number of benzene rings is 1. The van der Waals surface area contributed by atoms with E-state index < -0.39 is 15.8 Å². The number of rotatable bonds is 4. The molecule has 0 spiro atoms. The van der Waals surface area contributed by atoms with Crippen molar-refractivity contribution in [3.63, 3.8) is 0 Å². The Morgan fingerprint density at radius 3 is 2.75 bits per heavy atom. The van der Waals surface area contributed by atoms with Crippen molar-refractivity contribution >= 4 is 37.6 Å². The van der Waals surface area contributed by atoms with Crippen LogP contribution in [0.25, 0.3) is 0 Å². The van der Waals surface area contributed by atoms with Crippen LogP contribution in [0.5, 0.6) is 0 Å². The molecule has 0 aliphatic heterocycles. The van der Waals surface area contributed by atoms with E-state index in [1.54, 1.807) is 0 Å². The third-order valence-electron chi connectivity index (χ3n) is 2.44. The first-order valence-corrected chi connectivity index (χ1v) is 7.95. The Kier molecular flexibility index (Phi) is 4.43. The first-order chi connectivity index (χ1) is 9.31. The van der Waals surface area contributed by atoms with Gasteiger partial charge in [-0.25, -0.2) is 22.2 Å². The summed E-state index contributed by atoms with van der Waals surface area (Å²) in [6.45, 7) is -0.0278. The van der Waals surface area contributed by atoms with Crippen molar-refractivity contribution in [3.8, 4) is 0 Å². The van der Waals surface area contributed by atoms with Crippen LogP contribution < -0.4 is 4.72 Å². The second-order valence-corrected chi connectivity index (χ2v) is 6.72. The average molecular weight is 384 g/mol. The largest absolute Gasteiger partial charge is 0.260 e. The normalized spacial score (nSPS) is 11.8. The molecular weight excluding hydrogens is 375 g/mol. The monoisotopic (exact) mass is 382 g/mol. The lowest BCUT2D eigenvalue weighted by molar-refractivity contribution is 0.560. The van der Waals surface area contributed by atoms with Gasteiger partial charge in [0.2, 0.25) is 5.03 Å². The topological polar surface area (TPSA) is 76.9 Å². The Hall–Kier alpha value is -1.03. The van der Waals surface area contributed by atoms with Crippen molar-refractivity contribution in [2.75, 3.05) is 0 Å². The molecule has 20 heavy (non-hydrogen) atoms. The summed E-state index contributed by atoms with van der Waals surface area (Å²) in [5.74, 6) is -0.558. The Bertz CT molecular complexity index is 730. The van der Waals surface area contributed by atoms with Crippen LogP contribution in [0.2, 0.25) is 5.02 Å². The molecule has 1 heterocycles. The van der Waals surface area contributed by atoms with Gasteiger partial charge in [0.1, 0.15) is 5.82 Å². The average Bonchev–Trinajstić information content (AvgIpc) is 2.71. The van der Waals surface area contributed by atoms with Crippen molar-refractivity contribution < 1.29 is 12.8 Å². The van der Waals surface area contributed by atoms with Gasteiger partial charge in [-0.2, -0.15) is 0 Å². The van der Waals surface area contributed by atoms with Crippen molar-refractivity contribution in [3.05, 3.63) is 39.2 Å². The number of sulfonamides is 1. The lowest BCUT2D eigenvalue weighted by atomic mass is 10.2. The molecule has 0 unspecified atom stereocenters. The highest BCUT2D eigenvalue weighted by molar-refractivity contribution is 9.10. The molecule has 10 heteroatoms. The molecule has 1 N–H and O–H groups in total. The van der Waals surface area contributed by atoms with E-state index in [0.717, 1.165) is 4.68 Å². The van der Waals surface area contributed by atoms with Crippen LogP contribution in [0, 0.1) is 5.82 Å². The van der Waals surface area contributed by atoms with E-state index in [0.29, 0.717) is 5.56 Å². The van der Waals surface area contributed by atoms with Crippen molar-refractivity contribution in [1.82, 2.24) is 19.7 Å². The Labute approximate surface area is 128 Å². The fraction of sp³-hybridized carbons (Fsp3) is 0.200. The third-order valence-corrected chi connectivity index (χ3v) is 5.02. The Balaban J connectivity index is 2.19. The Morgan fingerprint density at radius 1 is 1.50 bits per heavy atom. The summed E-state index contributed by atoms with van der Waals surface area (Å²) in [6.07, 6.45) is 0. The van der Waals surface area contributed by atoms with Crippen LogP contribution in [0.1, 0.15) is 5.56 Å². The molecule has 108 valence electrons. The van der Waals surface area contributed by atoms with Gasteiger partial charge in [0.25, 0.3) is 10.0 Å². The molecule has 1 aromatic heterocycles. The smallest absolute Gasteiger partial charge is 0.235 e. The standard InChI is InChI=1S/C10H9BrClFN4O2S/c1-17-10(9(11)15-16-17)20(18,19)14-5-6-2-3-8(13)7(12)4-6/h2-4,14H,5H2,1H3. The molecule has 2 aromatic rings. The van der Waals surface area contributed by atoms with Crippen LogP contribution in [0.15, 0.2) is 27.8 Å². The maximum Gasteiger partial charge on any atom is 0.260 e. The van der Waals surface area contributed by atoms with Crippen LogP contribution in [0.3, 0.4) is 0 Å². The number of nitrogens with one attached hydrogen (secondary N) is 1. The quantitative estimate of drug-likeness (QED) is 0.874. The molecule has 0 saturated carbocycles. The van der Waals surface area contributed by atoms with Crippen LogP contribution in [0.4, 0.5) is 4.39 Å². The van der Waals surface area contributed by atoms with E-state index in [9.17, 15) is 12.8 Å². The molecule has 1 aromatic carbocycles. The number of nitrogens with zero attached hydrogens (tertiary/aromatic N) is 3. The summed E-state index contributed by atoms with van der Waals surface area (Å²) in [6, 6.07) is 3.98. The molecule has 0 aliphatic carbocycles. The van der Waals surface area contributed by atoms with E-state index in [1.807, 2.05) is 0 Å².